The SMILES string of the molecule is O=C(OCC12CCCCC1O2)C1CCCC2OC21. The Balaban J connectivity index is 1.31. The van der Waals surface area contributed by atoms with Crippen molar-refractivity contribution in [2.75, 3.05) is 6.61 Å². The highest BCUT2D eigenvalue weighted by Crippen LogP contribution is 2.48. The molecule has 2 saturated heterocycles. The monoisotopic (exact) mass is 252 g/mol. The van der Waals surface area contributed by atoms with Crippen molar-refractivity contribution < 1.29 is 19.0 Å². The molecule has 2 heterocycles. The second kappa shape index (κ2) is 3.94. The quantitative estimate of drug-likeness (QED) is 0.568. The van der Waals surface area contributed by atoms with E-state index in [0.29, 0.717) is 18.8 Å². The average Bonchev–Trinajstić information content (AvgIpc) is 3.27. The normalized spacial score (nSPS) is 48.9. The third-order valence-electron chi connectivity index (χ3n) is 5.01. The molecule has 0 N–H and O–H groups in total. The van der Waals surface area contributed by atoms with Gasteiger partial charge >= 0.3 is 5.97 Å². The maximum atomic E-state index is 12.1. The zero-order valence-corrected chi connectivity index (χ0v) is 10.6. The summed E-state index contributed by atoms with van der Waals surface area (Å²) in [4.78, 5) is 12.1. The van der Waals surface area contributed by atoms with E-state index in [2.05, 4.69) is 0 Å². The molecule has 5 atom stereocenters. The van der Waals surface area contributed by atoms with E-state index in [9.17, 15) is 4.79 Å². The van der Waals surface area contributed by atoms with Crippen LogP contribution in [-0.4, -0.2) is 36.5 Å². The Morgan fingerprint density at radius 3 is 3.06 bits per heavy atom. The summed E-state index contributed by atoms with van der Waals surface area (Å²) in [6, 6.07) is 0. The molecule has 2 aliphatic heterocycles. The van der Waals surface area contributed by atoms with E-state index in [1.807, 2.05) is 0 Å². The summed E-state index contributed by atoms with van der Waals surface area (Å²) in [6.45, 7) is 0.463. The van der Waals surface area contributed by atoms with Gasteiger partial charge in [0, 0.05) is 0 Å². The number of hydrogen-bond acceptors (Lipinski definition) is 4. The number of rotatable bonds is 3. The Kier molecular flexibility index (Phi) is 2.46. The maximum Gasteiger partial charge on any atom is 0.311 e. The molecule has 4 nitrogen and oxygen atoms in total. The van der Waals surface area contributed by atoms with E-state index >= 15 is 0 Å². The lowest BCUT2D eigenvalue weighted by molar-refractivity contribution is -0.151. The lowest BCUT2D eigenvalue weighted by Gasteiger charge is -2.20. The van der Waals surface area contributed by atoms with Gasteiger partial charge in [0.2, 0.25) is 0 Å². The van der Waals surface area contributed by atoms with Gasteiger partial charge in [-0.1, -0.05) is 12.8 Å². The van der Waals surface area contributed by atoms with E-state index in [-0.39, 0.29) is 23.6 Å². The third-order valence-corrected chi connectivity index (χ3v) is 5.01. The Morgan fingerprint density at radius 2 is 2.17 bits per heavy atom. The van der Waals surface area contributed by atoms with Crippen LogP contribution in [0.25, 0.3) is 0 Å². The van der Waals surface area contributed by atoms with Crippen LogP contribution in [0.5, 0.6) is 0 Å². The summed E-state index contributed by atoms with van der Waals surface area (Å²) in [5.74, 6) is -0.0719. The average molecular weight is 252 g/mol. The van der Waals surface area contributed by atoms with Crippen LogP contribution >= 0.6 is 0 Å². The molecule has 4 heteroatoms. The largest absolute Gasteiger partial charge is 0.462 e. The van der Waals surface area contributed by atoms with Crippen molar-refractivity contribution in [1.29, 1.82) is 0 Å². The van der Waals surface area contributed by atoms with Gasteiger partial charge in [0.25, 0.3) is 0 Å². The van der Waals surface area contributed by atoms with E-state index in [4.69, 9.17) is 14.2 Å². The number of epoxide rings is 2. The molecule has 100 valence electrons. The topological polar surface area (TPSA) is 51.4 Å². The molecule has 2 saturated carbocycles. The number of carbonyl (C=O) groups is 1. The van der Waals surface area contributed by atoms with E-state index in [1.165, 1.54) is 12.8 Å². The minimum atomic E-state index is -0.105. The molecule has 0 bridgehead atoms. The first kappa shape index (κ1) is 11.2. The second-order valence-corrected chi connectivity index (χ2v) is 6.20. The first-order chi connectivity index (χ1) is 8.78. The fraction of sp³-hybridized carbons (Fsp3) is 0.929. The van der Waals surface area contributed by atoms with E-state index in [0.717, 1.165) is 32.1 Å². The van der Waals surface area contributed by atoms with Crippen molar-refractivity contribution >= 4 is 5.97 Å². The molecule has 0 aromatic heterocycles. The molecule has 4 aliphatic rings. The Morgan fingerprint density at radius 1 is 1.22 bits per heavy atom. The summed E-state index contributed by atoms with van der Waals surface area (Å²) in [7, 11) is 0. The zero-order chi connectivity index (χ0) is 12.2. The van der Waals surface area contributed by atoms with Gasteiger partial charge in [-0.3, -0.25) is 4.79 Å². The molecule has 5 unspecified atom stereocenters. The predicted octanol–water partition coefficient (Wildman–Crippen LogP) is 1.81. The van der Waals surface area contributed by atoms with Crippen molar-refractivity contribution in [1.82, 2.24) is 0 Å². The minimum Gasteiger partial charge on any atom is -0.462 e. The molecule has 0 aromatic rings. The molecule has 0 aromatic carbocycles. The van der Waals surface area contributed by atoms with Gasteiger partial charge in [0.05, 0.1) is 24.2 Å². The highest BCUT2D eigenvalue weighted by Gasteiger charge is 2.58. The lowest BCUT2D eigenvalue weighted by Crippen LogP contribution is -2.32. The lowest BCUT2D eigenvalue weighted by atomic mass is 9.88. The molecule has 2 aliphatic carbocycles. The molecule has 0 amide bonds. The standard InChI is InChI=1S/C14H20O4/c15-13(9-4-3-5-10-12(9)17-10)16-8-14-7-2-1-6-11(14)18-14/h9-12H,1-8H2. The molecule has 0 radical (unpaired) electrons. The molecule has 4 fully saturated rings. The summed E-state index contributed by atoms with van der Waals surface area (Å²) >= 11 is 0. The first-order valence-corrected chi connectivity index (χ1v) is 7.28. The van der Waals surface area contributed by atoms with Gasteiger partial charge in [-0.05, 0) is 32.1 Å². The number of carbonyl (C=O) groups excluding carboxylic acids is 1. The van der Waals surface area contributed by atoms with Crippen molar-refractivity contribution in [2.45, 2.75) is 68.9 Å². The summed E-state index contributed by atoms with van der Waals surface area (Å²) in [5, 5.41) is 0. The second-order valence-electron chi connectivity index (χ2n) is 6.20. The van der Waals surface area contributed by atoms with Gasteiger partial charge in [0.1, 0.15) is 12.2 Å². The summed E-state index contributed by atoms with van der Waals surface area (Å²) in [6.07, 6.45) is 8.63. The van der Waals surface area contributed by atoms with Crippen molar-refractivity contribution in [2.24, 2.45) is 5.92 Å². The van der Waals surface area contributed by atoms with Crippen LogP contribution in [0, 0.1) is 5.92 Å². The zero-order valence-electron chi connectivity index (χ0n) is 10.6. The van der Waals surface area contributed by atoms with Crippen LogP contribution in [0.15, 0.2) is 0 Å². The summed E-state index contributed by atoms with van der Waals surface area (Å²) < 4.78 is 16.8. The molecular formula is C14H20O4. The number of hydrogen-bond donors (Lipinski definition) is 0. The number of fused-ring (bicyclic) bond motifs is 2. The van der Waals surface area contributed by atoms with Crippen molar-refractivity contribution in [3.05, 3.63) is 0 Å². The van der Waals surface area contributed by atoms with Gasteiger partial charge < -0.3 is 14.2 Å². The van der Waals surface area contributed by atoms with Crippen molar-refractivity contribution in [3.63, 3.8) is 0 Å². The molecular weight excluding hydrogens is 232 g/mol. The van der Waals surface area contributed by atoms with Crippen molar-refractivity contribution in [3.8, 4) is 0 Å². The van der Waals surface area contributed by atoms with Gasteiger partial charge in [-0.15, -0.1) is 0 Å². The predicted molar refractivity (Wildman–Crippen MR) is 63.0 cm³/mol. The Labute approximate surface area is 107 Å². The fourth-order valence-electron chi connectivity index (χ4n) is 3.74. The molecule has 4 rings (SSSR count). The van der Waals surface area contributed by atoms with Gasteiger partial charge in [-0.25, -0.2) is 0 Å². The Bertz CT molecular complexity index is 369. The van der Waals surface area contributed by atoms with E-state index < -0.39 is 0 Å². The van der Waals surface area contributed by atoms with Crippen LogP contribution in [0.3, 0.4) is 0 Å². The fourth-order valence-corrected chi connectivity index (χ4v) is 3.74. The van der Waals surface area contributed by atoms with Crippen LogP contribution in [0.2, 0.25) is 0 Å². The minimum absolute atomic E-state index is 0.0130. The van der Waals surface area contributed by atoms with Crippen LogP contribution in [0.1, 0.15) is 44.9 Å². The van der Waals surface area contributed by atoms with Crippen LogP contribution in [-0.2, 0) is 19.0 Å². The maximum absolute atomic E-state index is 12.1. The number of esters is 1. The van der Waals surface area contributed by atoms with Crippen LogP contribution in [0.4, 0.5) is 0 Å². The third kappa shape index (κ3) is 1.77. The van der Waals surface area contributed by atoms with Crippen LogP contribution < -0.4 is 0 Å². The van der Waals surface area contributed by atoms with E-state index in [1.54, 1.807) is 0 Å². The number of ether oxygens (including phenoxy) is 3. The summed E-state index contributed by atoms with van der Waals surface area (Å²) in [5.41, 5.74) is -0.105. The van der Waals surface area contributed by atoms with Gasteiger partial charge in [-0.2, -0.15) is 0 Å². The molecule has 18 heavy (non-hydrogen) atoms. The van der Waals surface area contributed by atoms with Gasteiger partial charge in [0.15, 0.2) is 0 Å². The smallest absolute Gasteiger partial charge is 0.311 e. The highest BCUT2D eigenvalue weighted by molar-refractivity contribution is 5.74. The molecule has 0 spiro atoms. The first-order valence-electron chi connectivity index (χ1n) is 7.28. The highest BCUT2D eigenvalue weighted by atomic mass is 16.6. The Hall–Kier alpha value is -0.610.